The summed E-state index contributed by atoms with van der Waals surface area (Å²) < 4.78 is 23.8. The molecule has 0 aliphatic rings. The first kappa shape index (κ1) is 15.5. The highest BCUT2D eigenvalue weighted by Crippen LogP contribution is 2.14. The van der Waals surface area contributed by atoms with E-state index in [0.29, 0.717) is 12.2 Å². The maximum absolute atomic E-state index is 13.1. The van der Waals surface area contributed by atoms with Crippen LogP contribution in [0.3, 0.4) is 0 Å². The van der Waals surface area contributed by atoms with Crippen molar-refractivity contribution in [1.29, 1.82) is 0 Å². The maximum atomic E-state index is 13.1. The topological polar surface area (TPSA) is 58.9 Å². The Morgan fingerprint density at radius 2 is 1.90 bits per heavy atom. The average molecular weight is 290 g/mol. The molecule has 0 heterocycles. The van der Waals surface area contributed by atoms with E-state index in [1.807, 2.05) is 24.3 Å². The van der Waals surface area contributed by atoms with E-state index < -0.39 is 12.9 Å². The predicted octanol–water partition coefficient (Wildman–Crippen LogP) is 1.23. The zero-order valence-electron chi connectivity index (χ0n) is 11.6. The minimum atomic E-state index is -1.73. The minimum Gasteiger partial charge on any atom is -0.497 e. The van der Waals surface area contributed by atoms with E-state index in [1.165, 1.54) is 12.1 Å². The fourth-order valence-electron chi connectivity index (χ4n) is 1.98. The fourth-order valence-corrected chi connectivity index (χ4v) is 1.98. The third-order valence-corrected chi connectivity index (χ3v) is 3.05. The Kier molecular flexibility index (Phi) is 5.33. The van der Waals surface area contributed by atoms with Crippen LogP contribution in [0.4, 0.5) is 4.39 Å². The second-order valence-electron chi connectivity index (χ2n) is 4.56. The Bertz CT molecular complexity index is 604. The molecule has 2 aromatic rings. The lowest BCUT2D eigenvalue weighted by molar-refractivity contribution is 0.107. The molecular weight excluding hydrogens is 274 g/mol. The fraction of sp³-hybridized carbons (Fsp3) is 0.200. The molecule has 0 spiro atoms. The van der Waals surface area contributed by atoms with Gasteiger partial charge in [0.2, 0.25) is 0 Å². The Hall–Kier alpha value is -1.89. The Morgan fingerprint density at radius 1 is 1.10 bits per heavy atom. The second-order valence-corrected chi connectivity index (χ2v) is 4.56. The normalized spacial score (nSPS) is 10.5. The number of hydrogen-bond donors (Lipinski definition) is 2. The zero-order valence-corrected chi connectivity index (χ0v) is 11.6. The molecule has 4 nitrogen and oxygen atoms in total. The number of ether oxygens (including phenoxy) is 2. The molecule has 0 fully saturated rings. The van der Waals surface area contributed by atoms with E-state index in [-0.39, 0.29) is 12.1 Å². The summed E-state index contributed by atoms with van der Waals surface area (Å²) in [4.78, 5) is 0. The smallest absolute Gasteiger partial charge is 0.488 e. The van der Waals surface area contributed by atoms with E-state index in [1.54, 1.807) is 7.11 Å². The molecule has 0 unspecified atom stereocenters. The molecule has 6 heteroatoms. The summed E-state index contributed by atoms with van der Waals surface area (Å²) >= 11 is 0. The predicted molar refractivity (Wildman–Crippen MR) is 77.7 cm³/mol. The molecule has 21 heavy (non-hydrogen) atoms. The van der Waals surface area contributed by atoms with Gasteiger partial charge in [-0.05, 0) is 40.9 Å². The first-order valence-electron chi connectivity index (χ1n) is 6.45. The van der Waals surface area contributed by atoms with Gasteiger partial charge in [0, 0.05) is 0 Å². The Balaban J connectivity index is 2.00. The van der Waals surface area contributed by atoms with Crippen molar-refractivity contribution in [3.63, 3.8) is 0 Å². The Labute approximate surface area is 122 Å². The summed E-state index contributed by atoms with van der Waals surface area (Å²) in [5.74, 6) is 0.221. The molecule has 0 atom stereocenters. The highest BCUT2D eigenvalue weighted by Gasteiger charge is 2.16. The zero-order chi connectivity index (χ0) is 15.2. The van der Waals surface area contributed by atoms with E-state index in [4.69, 9.17) is 9.47 Å². The molecule has 0 aliphatic heterocycles. The molecule has 110 valence electrons. The highest BCUT2D eigenvalue weighted by atomic mass is 19.1. The summed E-state index contributed by atoms with van der Waals surface area (Å²) in [6.45, 7) is 0.500. The van der Waals surface area contributed by atoms with Gasteiger partial charge in [-0.3, -0.25) is 0 Å². The van der Waals surface area contributed by atoms with Crippen LogP contribution in [0, 0.1) is 5.82 Å². The van der Waals surface area contributed by atoms with Crippen molar-refractivity contribution in [3.05, 3.63) is 59.4 Å². The molecule has 0 saturated heterocycles. The third-order valence-electron chi connectivity index (χ3n) is 3.05. The molecule has 0 bridgehead atoms. The van der Waals surface area contributed by atoms with E-state index in [9.17, 15) is 14.4 Å². The van der Waals surface area contributed by atoms with Gasteiger partial charge in [0.15, 0.2) is 0 Å². The molecule has 0 aromatic heterocycles. The molecule has 2 rings (SSSR count). The molecule has 2 aromatic carbocycles. The van der Waals surface area contributed by atoms with Crippen LogP contribution in [0.2, 0.25) is 0 Å². The lowest BCUT2D eigenvalue weighted by Gasteiger charge is -2.10. The van der Waals surface area contributed by atoms with Gasteiger partial charge in [0.1, 0.15) is 11.6 Å². The van der Waals surface area contributed by atoms with Crippen molar-refractivity contribution in [1.82, 2.24) is 0 Å². The number of rotatable bonds is 6. The quantitative estimate of drug-likeness (QED) is 0.786. The van der Waals surface area contributed by atoms with Gasteiger partial charge >= 0.3 is 7.12 Å². The van der Waals surface area contributed by atoms with Gasteiger partial charge in [0.05, 0.1) is 20.3 Å². The van der Waals surface area contributed by atoms with Crippen LogP contribution in [-0.2, 0) is 18.0 Å². The van der Waals surface area contributed by atoms with Crippen LogP contribution >= 0.6 is 0 Å². The van der Waals surface area contributed by atoms with Crippen molar-refractivity contribution in [2.75, 3.05) is 7.11 Å². The van der Waals surface area contributed by atoms with Crippen LogP contribution in [-0.4, -0.2) is 24.3 Å². The molecule has 0 amide bonds. The molecule has 0 radical (unpaired) electrons. The standard InChI is InChI=1S/C15H16BFO4/c1-20-14-4-2-3-11(7-14)9-21-10-12-5-6-13(17)8-15(12)16(18)19/h2-8,18-19H,9-10H2,1H3. The van der Waals surface area contributed by atoms with Gasteiger partial charge in [-0.1, -0.05) is 18.2 Å². The summed E-state index contributed by atoms with van der Waals surface area (Å²) in [6, 6.07) is 11.3. The number of methoxy groups -OCH3 is 1. The van der Waals surface area contributed by atoms with Crippen molar-refractivity contribution in [2.24, 2.45) is 0 Å². The number of hydrogen-bond acceptors (Lipinski definition) is 4. The summed E-state index contributed by atoms with van der Waals surface area (Å²) in [7, 11) is -0.135. The van der Waals surface area contributed by atoms with Crippen molar-refractivity contribution in [3.8, 4) is 5.75 Å². The monoisotopic (exact) mass is 290 g/mol. The van der Waals surface area contributed by atoms with Crippen molar-refractivity contribution < 1.29 is 23.9 Å². The van der Waals surface area contributed by atoms with Gasteiger partial charge in [0.25, 0.3) is 0 Å². The van der Waals surface area contributed by atoms with Crippen LogP contribution < -0.4 is 10.2 Å². The summed E-state index contributed by atoms with van der Waals surface area (Å²) in [5, 5.41) is 18.5. The van der Waals surface area contributed by atoms with Gasteiger partial charge < -0.3 is 19.5 Å². The molecular formula is C15H16BFO4. The van der Waals surface area contributed by atoms with Crippen LogP contribution in [0.15, 0.2) is 42.5 Å². The highest BCUT2D eigenvalue weighted by molar-refractivity contribution is 6.59. The average Bonchev–Trinajstić information content (AvgIpc) is 2.48. The summed E-state index contributed by atoms with van der Waals surface area (Å²) in [6.07, 6.45) is 0. The lowest BCUT2D eigenvalue weighted by Crippen LogP contribution is -2.33. The Morgan fingerprint density at radius 3 is 2.62 bits per heavy atom. The lowest BCUT2D eigenvalue weighted by atomic mass is 9.77. The summed E-state index contributed by atoms with van der Waals surface area (Å²) in [5.41, 5.74) is 1.58. The van der Waals surface area contributed by atoms with Crippen LogP contribution in [0.25, 0.3) is 0 Å². The minimum absolute atomic E-state index is 0.112. The maximum Gasteiger partial charge on any atom is 0.488 e. The first-order chi connectivity index (χ1) is 10.1. The molecule has 2 N–H and O–H groups in total. The van der Waals surface area contributed by atoms with Gasteiger partial charge in [-0.2, -0.15) is 0 Å². The third kappa shape index (κ3) is 4.29. The van der Waals surface area contributed by atoms with E-state index in [2.05, 4.69) is 0 Å². The largest absolute Gasteiger partial charge is 0.497 e. The van der Waals surface area contributed by atoms with Crippen molar-refractivity contribution >= 4 is 12.6 Å². The van der Waals surface area contributed by atoms with E-state index in [0.717, 1.165) is 17.4 Å². The van der Waals surface area contributed by atoms with E-state index >= 15 is 0 Å². The van der Waals surface area contributed by atoms with Crippen molar-refractivity contribution in [2.45, 2.75) is 13.2 Å². The van der Waals surface area contributed by atoms with Crippen LogP contribution in [0.1, 0.15) is 11.1 Å². The van der Waals surface area contributed by atoms with Gasteiger partial charge in [-0.15, -0.1) is 0 Å². The first-order valence-corrected chi connectivity index (χ1v) is 6.45. The van der Waals surface area contributed by atoms with Crippen LogP contribution in [0.5, 0.6) is 5.75 Å². The second kappa shape index (κ2) is 7.22. The van der Waals surface area contributed by atoms with Gasteiger partial charge in [-0.25, -0.2) is 4.39 Å². The molecule has 0 aliphatic carbocycles. The SMILES string of the molecule is COc1cccc(COCc2ccc(F)cc2B(O)O)c1. The molecule has 0 saturated carbocycles. The number of halogens is 1. The number of benzene rings is 2.